The molecule has 1 aromatic carbocycles. The number of hydrogen-bond acceptors (Lipinski definition) is 5. The van der Waals surface area contributed by atoms with Gasteiger partial charge in [0.25, 0.3) is 0 Å². The van der Waals surface area contributed by atoms with Gasteiger partial charge < -0.3 is 10.1 Å². The summed E-state index contributed by atoms with van der Waals surface area (Å²) in [6.07, 6.45) is 7.66. The van der Waals surface area contributed by atoms with Crippen LogP contribution >= 0.6 is 11.3 Å². The minimum absolute atomic E-state index is 0.128. The fourth-order valence-corrected chi connectivity index (χ4v) is 4.09. The zero-order valence-electron chi connectivity index (χ0n) is 13.6. The zero-order chi connectivity index (χ0) is 16.1. The van der Waals surface area contributed by atoms with Gasteiger partial charge in [-0.2, -0.15) is 0 Å². The minimum atomic E-state index is -0.128. The van der Waals surface area contributed by atoms with Crippen LogP contribution in [0.15, 0.2) is 18.2 Å². The predicted octanol–water partition coefficient (Wildman–Crippen LogP) is 4.54. The number of thiazole rings is 1. The molecule has 0 unspecified atom stereocenters. The number of fused-ring (bicyclic) bond motifs is 1. The molecule has 5 heteroatoms. The van der Waals surface area contributed by atoms with E-state index in [1.807, 2.05) is 6.92 Å². The lowest BCUT2D eigenvalue weighted by atomic mass is 9.96. The maximum atomic E-state index is 11.5. The Labute approximate surface area is 141 Å². The molecule has 1 N–H and O–H groups in total. The van der Waals surface area contributed by atoms with Gasteiger partial charge in [-0.25, -0.2) is 4.98 Å². The number of rotatable bonds is 6. The number of nitrogens with zero attached hydrogens (tertiary/aromatic N) is 1. The van der Waals surface area contributed by atoms with Crippen molar-refractivity contribution in [3.8, 4) is 0 Å². The third kappa shape index (κ3) is 4.44. The van der Waals surface area contributed by atoms with Gasteiger partial charge in [0.05, 0.1) is 16.8 Å². The quantitative estimate of drug-likeness (QED) is 0.789. The second-order valence-corrected chi connectivity index (χ2v) is 7.14. The molecule has 23 heavy (non-hydrogen) atoms. The van der Waals surface area contributed by atoms with Gasteiger partial charge >= 0.3 is 5.97 Å². The molecule has 0 spiro atoms. The van der Waals surface area contributed by atoms with Crippen molar-refractivity contribution >= 4 is 32.7 Å². The van der Waals surface area contributed by atoms with Crippen molar-refractivity contribution < 1.29 is 9.53 Å². The van der Waals surface area contributed by atoms with E-state index in [0.717, 1.165) is 17.1 Å². The Morgan fingerprint density at radius 2 is 2.17 bits per heavy atom. The third-order valence-corrected chi connectivity index (χ3v) is 5.26. The number of esters is 1. The first kappa shape index (κ1) is 16.2. The van der Waals surface area contributed by atoms with Gasteiger partial charge in [0.1, 0.15) is 0 Å². The molecule has 3 rings (SSSR count). The molecule has 1 heterocycles. The van der Waals surface area contributed by atoms with Crippen LogP contribution in [0.4, 0.5) is 5.13 Å². The fraction of sp³-hybridized carbons (Fsp3) is 0.556. The highest BCUT2D eigenvalue weighted by atomic mass is 32.1. The number of carbonyl (C=O) groups excluding carboxylic acids is 1. The van der Waals surface area contributed by atoms with Crippen LogP contribution in [0.5, 0.6) is 0 Å². The topological polar surface area (TPSA) is 51.2 Å². The highest BCUT2D eigenvalue weighted by Gasteiger charge is 2.15. The Hall–Kier alpha value is -1.62. The molecule has 0 amide bonds. The zero-order valence-corrected chi connectivity index (χ0v) is 14.5. The van der Waals surface area contributed by atoms with Gasteiger partial charge in [0.2, 0.25) is 0 Å². The largest absolute Gasteiger partial charge is 0.466 e. The van der Waals surface area contributed by atoms with Crippen molar-refractivity contribution in [2.24, 2.45) is 0 Å². The first-order valence-corrected chi connectivity index (χ1v) is 9.38. The van der Waals surface area contributed by atoms with Crippen LogP contribution < -0.4 is 5.32 Å². The average Bonchev–Trinajstić information content (AvgIpc) is 2.95. The van der Waals surface area contributed by atoms with E-state index < -0.39 is 0 Å². The van der Waals surface area contributed by atoms with Gasteiger partial charge in [0.15, 0.2) is 5.13 Å². The summed E-state index contributed by atoms with van der Waals surface area (Å²) in [6.45, 7) is 2.28. The second kappa shape index (κ2) is 7.77. The molecule has 2 aromatic rings. The molecule has 0 atom stereocenters. The Morgan fingerprint density at radius 3 is 2.96 bits per heavy atom. The maximum Gasteiger partial charge on any atom is 0.306 e. The summed E-state index contributed by atoms with van der Waals surface area (Å²) in [5, 5.41) is 4.61. The molecule has 0 aliphatic heterocycles. The third-order valence-electron chi connectivity index (χ3n) is 4.31. The van der Waals surface area contributed by atoms with Crippen LogP contribution in [0, 0.1) is 0 Å². The van der Waals surface area contributed by atoms with E-state index in [-0.39, 0.29) is 5.97 Å². The summed E-state index contributed by atoms with van der Waals surface area (Å²) in [5.74, 6) is -0.128. The molecule has 1 aliphatic carbocycles. The Bertz CT molecular complexity index is 662. The van der Waals surface area contributed by atoms with Gasteiger partial charge in [-0.05, 0) is 43.9 Å². The minimum Gasteiger partial charge on any atom is -0.466 e. The first-order valence-electron chi connectivity index (χ1n) is 8.56. The fourth-order valence-electron chi connectivity index (χ4n) is 3.09. The van der Waals surface area contributed by atoms with Gasteiger partial charge in [-0.1, -0.05) is 36.7 Å². The predicted molar refractivity (Wildman–Crippen MR) is 95.1 cm³/mol. The van der Waals surface area contributed by atoms with E-state index in [1.165, 1.54) is 42.4 Å². The van der Waals surface area contributed by atoms with Crippen molar-refractivity contribution in [2.45, 2.75) is 57.9 Å². The van der Waals surface area contributed by atoms with E-state index in [0.29, 0.717) is 19.1 Å². The van der Waals surface area contributed by atoms with Gasteiger partial charge in [-0.3, -0.25) is 4.79 Å². The summed E-state index contributed by atoms with van der Waals surface area (Å²) in [6, 6.07) is 6.84. The smallest absolute Gasteiger partial charge is 0.306 e. The molecular weight excluding hydrogens is 308 g/mol. The summed E-state index contributed by atoms with van der Waals surface area (Å²) in [7, 11) is 0. The normalized spacial score (nSPS) is 15.7. The number of aromatic nitrogens is 1. The number of carbonyl (C=O) groups is 1. The van der Waals surface area contributed by atoms with Crippen molar-refractivity contribution in [1.82, 2.24) is 4.98 Å². The van der Waals surface area contributed by atoms with E-state index in [9.17, 15) is 4.79 Å². The lowest BCUT2D eigenvalue weighted by Crippen LogP contribution is -2.21. The summed E-state index contributed by atoms with van der Waals surface area (Å²) >= 11 is 1.71. The monoisotopic (exact) mass is 332 g/mol. The number of benzene rings is 1. The highest BCUT2D eigenvalue weighted by molar-refractivity contribution is 7.22. The molecule has 0 radical (unpaired) electrons. The molecule has 124 valence electrons. The summed E-state index contributed by atoms with van der Waals surface area (Å²) < 4.78 is 6.17. The van der Waals surface area contributed by atoms with Crippen molar-refractivity contribution in [2.75, 3.05) is 11.9 Å². The Kier molecular flexibility index (Phi) is 5.49. The standard InChI is InChI=1S/C18H24N2O2S/c1-2-22-17(21)11-9-13-8-10-15-16(12-13)23-18(20-15)19-14-6-4-3-5-7-14/h8,10,12,14H,2-7,9,11H2,1H3,(H,19,20). The Balaban J connectivity index is 1.64. The van der Waals surface area contributed by atoms with Crippen LogP contribution in [0.2, 0.25) is 0 Å². The molecule has 1 saturated carbocycles. The highest BCUT2D eigenvalue weighted by Crippen LogP contribution is 2.29. The maximum absolute atomic E-state index is 11.5. The SMILES string of the molecule is CCOC(=O)CCc1ccc2nc(NC3CCCCC3)sc2c1. The number of hydrogen-bond donors (Lipinski definition) is 1. The van der Waals surface area contributed by atoms with Crippen molar-refractivity contribution in [3.05, 3.63) is 23.8 Å². The van der Waals surface area contributed by atoms with E-state index in [1.54, 1.807) is 11.3 Å². The van der Waals surface area contributed by atoms with E-state index >= 15 is 0 Å². The van der Waals surface area contributed by atoms with Crippen LogP contribution in [-0.4, -0.2) is 23.6 Å². The van der Waals surface area contributed by atoms with Crippen LogP contribution in [0.25, 0.3) is 10.2 Å². The molecule has 1 fully saturated rings. The number of aryl methyl sites for hydroxylation is 1. The molecule has 1 aromatic heterocycles. The molecule has 1 aliphatic rings. The lowest BCUT2D eigenvalue weighted by Gasteiger charge is -2.22. The summed E-state index contributed by atoms with van der Waals surface area (Å²) in [4.78, 5) is 16.2. The molecular formula is C18H24N2O2S. The Morgan fingerprint density at radius 1 is 1.35 bits per heavy atom. The molecule has 4 nitrogen and oxygen atoms in total. The summed E-state index contributed by atoms with van der Waals surface area (Å²) in [5.41, 5.74) is 2.20. The first-order chi connectivity index (χ1) is 11.2. The van der Waals surface area contributed by atoms with Crippen molar-refractivity contribution in [1.29, 1.82) is 0 Å². The van der Waals surface area contributed by atoms with Gasteiger partial charge in [0, 0.05) is 12.5 Å². The van der Waals surface area contributed by atoms with E-state index in [2.05, 4.69) is 28.5 Å². The average molecular weight is 332 g/mol. The van der Waals surface area contributed by atoms with Gasteiger partial charge in [-0.15, -0.1) is 0 Å². The number of ether oxygens (including phenoxy) is 1. The lowest BCUT2D eigenvalue weighted by molar-refractivity contribution is -0.143. The number of anilines is 1. The van der Waals surface area contributed by atoms with E-state index in [4.69, 9.17) is 4.74 Å². The number of nitrogens with one attached hydrogen (secondary N) is 1. The van der Waals surface area contributed by atoms with Crippen molar-refractivity contribution in [3.63, 3.8) is 0 Å². The molecule has 0 saturated heterocycles. The van der Waals surface area contributed by atoms with Crippen LogP contribution in [0.3, 0.4) is 0 Å². The molecule has 0 bridgehead atoms. The second-order valence-electron chi connectivity index (χ2n) is 6.11. The van der Waals surface area contributed by atoms with Crippen LogP contribution in [-0.2, 0) is 16.0 Å². The van der Waals surface area contributed by atoms with Crippen LogP contribution in [0.1, 0.15) is 51.0 Å².